The quantitative estimate of drug-likeness (QED) is 0.676. The van der Waals surface area contributed by atoms with E-state index in [1.54, 1.807) is 30.5 Å². The first-order valence-electron chi connectivity index (χ1n) is 6.32. The van der Waals surface area contributed by atoms with E-state index in [0.29, 0.717) is 21.7 Å². The summed E-state index contributed by atoms with van der Waals surface area (Å²) in [7, 11) is 0. The van der Waals surface area contributed by atoms with E-state index in [1.165, 1.54) is 6.07 Å². The van der Waals surface area contributed by atoms with Crippen molar-refractivity contribution in [1.82, 2.24) is 4.98 Å². The first-order valence-corrected chi connectivity index (χ1v) is 7.11. The topological polar surface area (TPSA) is 48.1 Å². The Morgan fingerprint density at radius 3 is 2.71 bits per heavy atom. The second-order valence-corrected chi connectivity index (χ2v) is 5.56. The lowest BCUT2D eigenvalue weighted by atomic mass is 10.1. The SMILES string of the molecule is Cc1cc2c(Oc3ccc(Br)c(F)c3)ccc(N)c2cn1. The Morgan fingerprint density at radius 1 is 1.14 bits per heavy atom. The minimum atomic E-state index is -0.370. The van der Waals surface area contributed by atoms with Crippen molar-refractivity contribution >= 4 is 32.4 Å². The normalized spacial score (nSPS) is 10.8. The van der Waals surface area contributed by atoms with Crippen molar-refractivity contribution in [3.8, 4) is 11.5 Å². The van der Waals surface area contributed by atoms with E-state index in [-0.39, 0.29) is 5.82 Å². The van der Waals surface area contributed by atoms with Gasteiger partial charge in [0.05, 0.1) is 4.47 Å². The van der Waals surface area contributed by atoms with E-state index < -0.39 is 0 Å². The van der Waals surface area contributed by atoms with Gasteiger partial charge in [0.15, 0.2) is 0 Å². The predicted octanol–water partition coefficient (Wildman–Crippen LogP) is 4.82. The zero-order valence-electron chi connectivity index (χ0n) is 11.2. The van der Waals surface area contributed by atoms with Gasteiger partial charge in [-0.2, -0.15) is 0 Å². The van der Waals surface area contributed by atoms with Crippen molar-refractivity contribution < 1.29 is 9.13 Å². The molecule has 0 aliphatic rings. The molecule has 1 heterocycles. The fraction of sp³-hybridized carbons (Fsp3) is 0.0625. The number of anilines is 1. The molecule has 3 aromatic rings. The molecule has 3 rings (SSSR count). The van der Waals surface area contributed by atoms with Crippen LogP contribution in [0, 0.1) is 12.7 Å². The molecule has 21 heavy (non-hydrogen) atoms. The molecule has 5 heteroatoms. The Hall–Kier alpha value is -2.14. The number of nitrogens with zero attached hydrogens (tertiary/aromatic N) is 1. The van der Waals surface area contributed by atoms with Crippen LogP contribution >= 0.6 is 15.9 Å². The summed E-state index contributed by atoms with van der Waals surface area (Å²) < 4.78 is 19.8. The number of pyridine rings is 1. The predicted molar refractivity (Wildman–Crippen MR) is 85.1 cm³/mol. The zero-order chi connectivity index (χ0) is 15.0. The van der Waals surface area contributed by atoms with Crippen molar-refractivity contribution in [2.24, 2.45) is 0 Å². The van der Waals surface area contributed by atoms with Crippen LogP contribution in [0.25, 0.3) is 10.8 Å². The Kier molecular flexibility index (Phi) is 3.51. The number of nitrogens with two attached hydrogens (primary N) is 1. The first-order chi connectivity index (χ1) is 10.0. The van der Waals surface area contributed by atoms with E-state index in [4.69, 9.17) is 10.5 Å². The molecule has 3 nitrogen and oxygen atoms in total. The molecule has 0 unspecified atom stereocenters. The Morgan fingerprint density at radius 2 is 1.95 bits per heavy atom. The first kappa shape index (κ1) is 13.8. The molecule has 0 saturated heterocycles. The highest BCUT2D eigenvalue weighted by Crippen LogP contribution is 2.34. The van der Waals surface area contributed by atoms with E-state index in [2.05, 4.69) is 20.9 Å². The summed E-state index contributed by atoms with van der Waals surface area (Å²) >= 11 is 3.12. The lowest BCUT2D eigenvalue weighted by Gasteiger charge is -2.11. The van der Waals surface area contributed by atoms with Gasteiger partial charge in [0.2, 0.25) is 0 Å². The number of nitrogen functional groups attached to an aromatic ring is 1. The Balaban J connectivity index is 2.10. The standard InChI is InChI=1S/C16H12BrFN2O/c1-9-6-11-12(8-20-9)15(19)4-5-16(11)21-10-2-3-13(17)14(18)7-10/h2-8H,19H2,1H3. The van der Waals surface area contributed by atoms with E-state index in [1.807, 2.05) is 13.0 Å². The highest BCUT2D eigenvalue weighted by molar-refractivity contribution is 9.10. The third kappa shape index (κ3) is 2.69. The van der Waals surface area contributed by atoms with Gasteiger partial charge in [-0.3, -0.25) is 4.98 Å². The highest BCUT2D eigenvalue weighted by Gasteiger charge is 2.09. The van der Waals surface area contributed by atoms with Gasteiger partial charge in [-0.1, -0.05) is 0 Å². The fourth-order valence-corrected chi connectivity index (χ4v) is 2.34. The fourth-order valence-electron chi connectivity index (χ4n) is 2.10. The molecule has 0 spiro atoms. The molecule has 0 saturated carbocycles. The van der Waals surface area contributed by atoms with E-state index in [0.717, 1.165) is 16.5 Å². The largest absolute Gasteiger partial charge is 0.457 e. The maximum atomic E-state index is 13.6. The van der Waals surface area contributed by atoms with Crippen molar-refractivity contribution in [2.75, 3.05) is 5.73 Å². The van der Waals surface area contributed by atoms with Crippen LogP contribution in [0.2, 0.25) is 0 Å². The zero-order valence-corrected chi connectivity index (χ0v) is 12.8. The molecular formula is C16H12BrFN2O. The third-order valence-corrected chi connectivity index (χ3v) is 3.79. The molecule has 0 fully saturated rings. The van der Waals surface area contributed by atoms with Crippen LogP contribution in [0.15, 0.2) is 47.1 Å². The number of halogens is 2. The van der Waals surface area contributed by atoms with Crippen LogP contribution in [-0.4, -0.2) is 4.98 Å². The molecule has 106 valence electrons. The van der Waals surface area contributed by atoms with Crippen LogP contribution in [0.4, 0.5) is 10.1 Å². The Bertz CT molecular complexity index is 836. The second kappa shape index (κ2) is 5.33. The number of benzene rings is 2. The molecule has 0 amide bonds. The lowest BCUT2D eigenvalue weighted by molar-refractivity contribution is 0.481. The molecule has 1 aromatic heterocycles. The van der Waals surface area contributed by atoms with Crippen LogP contribution in [0.5, 0.6) is 11.5 Å². The summed E-state index contributed by atoms with van der Waals surface area (Å²) in [5, 5.41) is 1.67. The molecule has 0 aliphatic carbocycles. The summed E-state index contributed by atoms with van der Waals surface area (Å²) in [5.74, 6) is 0.674. The molecule has 2 N–H and O–H groups in total. The van der Waals surface area contributed by atoms with Gasteiger partial charge < -0.3 is 10.5 Å². The van der Waals surface area contributed by atoms with E-state index in [9.17, 15) is 4.39 Å². The molecule has 2 aromatic carbocycles. The van der Waals surface area contributed by atoms with Gasteiger partial charge in [-0.15, -0.1) is 0 Å². The van der Waals surface area contributed by atoms with Crippen molar-refractivity contribution in [1.29, 1.82) is 0 Å². The minimum Gasteiger partial charge on any atom is -0.457 e. The summed E-state index contributed by atoms with van der Waals surface area (Å²) in [5.41, 5.74) is 7.44. The maximum Gasteiger partial charge on any atom is 0.141 e. The second-order valence-electron chi connectivity index (χ2n) is 4.70. The monoisotopic (exact) mass is 346 g/mol. The van der Waals surface area contributed by atoms with Gasteiger partial charge in [-0.25, -0.2) is 4.39 Å². The number of aryl methyl sites for hydroxylation is 1. The van der Waals surface area contributed by atoms with Gasteiger partial charge >= 0.3 is 0 Å². The summed E-state index contributed by atoms with van der Waals surface area (Å²) in [4.78, 5) is 4.24. The molecular weight excluding hydrogens is 335 g/mol. The number of fused-ring (bicyclic) bond motifs is 1. The van der Waals surface area contributed by atoms with Crippen LogP contribution < -0.4 is 10.5 Å². The maximum absolute atomic E-state index is 13.6. The molecule has 0 bridgehead atoms. The Labute approximate surface area is 129 Å². The summed E-state index contributed by atoms with van der Waals surface area (Å²) in [6.45, 7) is 1.89. The van der Waals surface area contributed by atoms with Crippen molar-refractivity contribution in [2.45, 2.75) is 6.92 Å². The van der Waals surface area contributed by atoms with Gasteiger partial charge in [0.1, 0.15) is 17.3 Å². The van der Waals surface area contributed by atoms with Crippen LogP contribution in [0.3, 0.4) is 0 Å². The summed E-state index contributed by atoms with van der Waals surface area (Å²) in [6.07, 6.45) is 1.72. The number of ether oxygens (including phenoxy) is 1. The number of hydrogen-bond acceptors (Lipinski definition) is 3. The van der Waals surface area contributed by atoms with Crippen molar-refractivity contribution in [3.05, 3.63) is 58.6 Å². The van der Waals surface area contributed by atoms with Crippen LogP contribution in [0.1, 0.15) is 5.69 Å². The van der Waals surface area contributed by atoms with Gasteiger partial charge in [0.25, 0.3) is 0 Å². The average Bonchev–Trinajstić information content (AvgIpc) is 2.46. The lowest BCUT2D eigenvalue weighted by Crippen LogP contribution is -1.93. The van der Waals surface area contributed by atoms with Crippen molar-refractivity contribution in [3.63, 3.8) is 0 Å². The highest BCUT2D eigenvalue weighted by atomic mass is 79.9. The minimum absolute atomic E-state index is 0.370. The third-order valence-electron chi connectivity index (χ3n) is 3.15. The molecule has 0 radical (unpaired) electrons. The van der Waals surface area contributed by atoms with Crippen LogP contribution in [-0.2, 0) is 0 Å². The molecule has 0 aliphatic heterocycles. The average molecular weight is 347 g/mol. The molecule has 0 atom stereocenters. The smallest absolute Gasteiger partial charge is 0.141 e. The number of hydrogen-bond donors (Lipinski definition) is 1. The summed E-state index contributed by atoms with van der Waals surface area (Å²) in [6, 6.07) is 10.1. The van der Waals surface area contributed by atoms with E-state index >= 15 is 0 Å². The number of rotatable bonds is 2. The van der Waals surface area contributed by atoms with Gasteiger partial charge in [-0.05, 0) is 53.2 Å². The number of aromatic nitrogens is 1. The van der Waals surface area contributed by atoms with Gasteiger partial charge in [0, 0.05) is 34.4 Å².